The lowest BCUT2D eigenvalue weighted by molar-refractivity contribution is 0.142. The first-order valence-electron chi connectivity index (χ1n) is 9.49. The van der Waals surface area contributed by atoms with Crippen LogP contribution in [0.2, 0.25) is 0 Å². The molecule has 0 radical (unpaired) electrons. The molecule has 3 rings (SSSR count). The lowest BCUT2D eigenvalue weighted by Crippen LogP contribution is -2.27. The molecule has 0 saturated heterocycles. The SMILES string of the molecule is CNC(=O)OCc1ccc(Nc2nc(/C=N/N(C)C(N)=S)cc(-c3cncn3C)n2)cc1. The highest BCUT2D eigenvalue weighted by atomic mass is 32.1. The van der Waals surface area contributed by atoms with Crippen LogP contribution >= 0.6 is 12.2 Å². The number of aryl methyl sites for hydroxylation is 1. The zero-order chi connectivity index (χ0) is 23.1. The Morgan fingerprint density at radius 3 is 2.72 bits per heavy atom. The number of nitrogens with one attached hydrogen (secondary N) is 2. The number of alkyl carbamates (subject to hydrolysis) is 1. The minimum absolute atomic E-state index is 0.140. The lowest BCUT2D eigenvalue weighted by atomic mass is 10.2. The summed E-state index contributed by atoms with van der Waals surface area (Å²) in [4.78, 5) is 24.5. The van der Waals surface area contributed by atoms with E-state index in [-0.39, 0.29) is 11.7 Å². The summed E-state index contributed by atoms with van der Waals surface area (Å²) < 4.78 is 6.90. The molecule has 0 fully saturated rings. The summed E-state index contributed by atoms with van der Waals surface area (Å²) in [6.07, 6.45) is 4.47. The van der Waals surface area contributed by atoms with E-state index in [1.807, 2.05) is 35.9 Å². The maximum absolute atomic E-state index is 11.2. The third kappa shape index (κ3) is 5.98. The predicted molar refractivity (Wildman–Crippen MR) is 125 cm³/mol. The van der Waals surface area contributed by atoms with Crippen molar-refractivity contribution in [3.8, 4) is 11.4 Å². The molecule has 32 heavy (non-hydrogen) atoms. The predicted octanol–water partition coefficient (Wildman–Crippen LogP) is 1.99. The van der Waals surface area contributed by atoms with Crippen LogP contribution in [0.3, 0.4) is 0 Å². The molecule has 0 atom stereocenters. The lowest BCUT2D eigenvalue weighted by Gasteiger charge is -2.11. The number of imidazole rings is 1. The second-order valence-electron chi connectivity index (χ2n) is 6.65. The molecular formula is C20H23N9O2S. The van der Waals surface area contributed by atoms with Crippen molar-refractivity contribution in [2.24, 2.45) is 17.9 Å². The molecule has 11 nitrogen and oxygen atoms in total. The van der Waals surface area contributed by atoms with Crippen molar-refractivity contribution in [3.63, 3.8) is 0 Å². The van der Waals surface area contributed by atoms with Crippen molar-refractivity contribution >= 4 is 41.3 Å². The number of anilines is 2. The third-order valence-electron chi connectivity index (χ3n) is 4.29. The van der Waals surface area contributed by atoms with E-state index >= 15 is 0 Å². The van der Waals surface area contributed by atoms with Crippen molar-refractivity contribution < 1.29 is 9.53 Å². The first-order chi connectivity index (χ1) is 15.4. The van der Waals surface area contributed by atoms with Gasteiger partial charge in [0, 0.05) is 26.8 Å². The summed E-state index contributed by atoms with van der Waals surface area (Å²) in [5, 5.41) is 11.3. The number of nitrogens with zero attached hydrogens (tertiary/aromatic N) is 6. The highest BCUT2D eigenvalue weighted by molar-refractivity contribution is 7.80. The highest BCUT2D eigenvalue weighted by Gasteiger charge is 2.10. The van der Waals surface area contributed by atoms with Crippen LogP contribution in [-0.2, 0) is 18.4 Å². The summed E-state index contributed by atoms with van der Waals surface area (Å²) in [6, 6.07) is 9.16. The molecule has 4 N–H and O–H groups in total. The van der Waals surface area contributed by atoms with Gasteiger partial charge in [-0.25, -0.2) is 24.8 Å². The molecule has 0 unspecified atom stereocenters. The highest BCUT2D eigenvalue weighted by Crippen LogP contribution is 2.21. The summed E-state index contributed by atoms with van der Waals surface area (Å²) in [5.41, 5.74) is 9.21. The number of hydrazone groups is 1. The molecule has 3 aromatic rings. The molecule has 2 heterocycles. The van der Waals surface area contributed by atoms with Gasteiger partial charge in [0.05, 0.1) is 35.8 Å². The van der Waals surface area contributed by atoms with Gasteiger partial charge in [0.25, 0.3) is 0 Å². The van der Waals surface area contributed by atoms with E-state index in [0.717, 1.165) is 16.9 Å². The van der Waals surface area contributed by atoms with Crippen LogP contribution in [0.1, 0.15) is 11.3 Å². The van der Waals surface area contributed by atoms with Crippen LogP contribution in [-0.4, -0.2) is 56.0 Å². The molecule has 12 heteroatoms. The van der Waals surface area contributed by atoms with E-state index in [1.54, 1.807) is 31.9 Å². The number of carbonyl (C=O) groups is 1. The number of aromatic nitrogens is 4. The molecular weight excluding hydrogens is 430 g/mol. The molecule has 0 aliphatic heterocycles. The zero-order valence-electron chi connectivity index (χ0n) is 17.8. The minimum Gasteiger partial charge on any atom is -0.445 e. The molecule has 0 aliphatic carbocycles. The Balaban J connectivity index is 1.85. The van der Waals surface area contributed by atoms with Crippen molar-refractivity contribution in [1.82, 2.24) is 29.8 Å². The Morgan fingerprint density at radius 2 is 2.09 bits per heavy atom. The molecule has 0 aliphatic rings. The number of thiocarbonyl (C=S) groups is 1. The number of rotatable bonds is 7. The average Bonchev–Trinajstić information content (AvgIpc) is 3.22. The van der Waals surface area contributed by atoms with Crippen LogP contribution in [0.15, 0.2) is 48.0 Å². The van der Waals surface area contributed by atoms with Gasteiger partial charge in [0.15, 0.2) is 5.11 Å². The maximum Gasteiger partial charge on any atom is 0.407 e. The fraction of sp³-hybridized carbons (Fsp3) is 0.200. The van der Waals surface area contributed by atoms with Crippen molar-refractivity contribution in [1.29, 1.82) is 0 Å². The molecule has 2 aromatic heterocycles. The van der Waals surface area contributed by atoms with Crippen LogP contribution in [0, 0.1) is 0 Å². The number of hydrogen-bond donors (Lipinski definition) is 3. The van der Waals surface area contributed by atoms with Crippen LogP contribution in [0.4, 0.5) is 16.4 Å². The molecule has 0 saturated carbocycles. The van der Waals surface area contributed by atoms with Crippen molar-refractivity contribution in [2.45, 2.75) is 6.61 Å². The van der Waals surface area contributed by atoms with E-state index in [0.29, 0.717) is 17.3 Å². The number of nitrogens with two attached hydrogens (primary N) is 1. The largest absolute Gasteiger partial charge is 0.445 e. The van der Waals surface area contributed by atoms with Crippen LogP contribution in [0.25, 0.3) is 11.4 Å². The molecule has 0 spiro atoms. The summed E-state index contributed by atoms with van der Waals surface area (Å²) in [7, 11) is 5.04. The Hall–Kier alpha value is -4.06. The second-order valence-corrected chi connectivity index (χ2v) is 7.06. The van der Waals surface area contributed by atoms with Gasteiger partial charge in [0.2, 0.25) is 5.95 Å². The van der Waals surface area contributed by atoms with Gasteiger partial charge in [-0.1, -0.05) is 12.1 Å². The minimum atomic E-state index is -0.484. The fourth-order valence-electron chi connectivity index (χ4n) is 2.56. The Morgan fingerprint density at radius 1 is 1.34 bits per heavy atom. The second kappa shape index (κ2) is 10.3. The van der Waals surface area contributed by atoms with E-state index in [2.05, 4.69) is 30.7 Å². The number of hydrogen-bond acceptors (Lipinski definition) is 8. The van der Waals surface area contributed by atoms with E-state index < -0.39 is 6.09 Å². The fourth-order valence-corrected chi connectivity index (χ4v) is 2.61. The van der Waals surface area contributed by atoms with E-state index in [4.69, 9.17) is 22.7 Å². The normalized spacial score (nSPS) is 10.7. The van der Waals surface area contributed by atoms with Crippen molar-refractivity contribution in [3.05, 3.63) is 54.1 Å². The first-order valence-corrected chi connectivity index (χ1v) is 9.90. The van der Waals surface area contributed by atoms with Gasteiger partial charge < -0.3 is 25.7 Å². The van der Waals surface area contributed by atoms with E-state index in [9.17, 15) is 4.79 Å². The van der Waals surface area contributed by atoms with Crippen LogP contribution in [0.5, 0.6) is 0 Å². The topological polar surface area (TPSA) is 136 Å². The summed E-state index contributed by atoms with van der Waals surface area (Å²) in [5.74, 6) is 0.373. The number of amides is 1. The number of ether oxygens (including phenoxy) is 1. The summed E-state index contributed by atoms with van der Waals surface area (Å²) in [6.45, 7) is 0.170. The monoisotopic (exact) mass is 453 g/mol. The van der Waals surface area contributed by atoms with Gasteiger partial charge in [-0.2, -0.15) is 5.10 Å². The molecule has 1 amide bonds. The van der Waals surface area contributed by atoms with Crippen molar-refractivity contribution in [2.75, 3.05) is 19.4 Å². The Kier molecular flexibility index (Phi) is 7.29. The van der Waals surface area contributed by atoms with E-state index in [1.165, 1.54) is 12.1 Å². The summed E-state index contributed by atoms with van der Waals surface area (Å²) >= 11 is 4.91. The first kappa shape index (κ1) is 22.6. The standard InChI is InChI=1S/C20H23N9O2S/c1-22-20(30)31-11-13-4-6-14(7-5-13)25-19-26-15(9-24-29(3)18(21)32)8-16(27-19)17-10-23-12-28(17)2/h4-10,12H,11H2,1-3H3,(H2,21,32)(H,22,30)(H,25,26,27)/b24-9+. The van der Waals surface area contributed by atoms with Gasteiger partial charge in [0.1, 0.15) is 6.61 Å². The third-order valence-corrected chi connectivity index (χ3v) is 4.56. The van der Waals surface area contributed by atoms with Gasteiger partial charge in [-0.05, 0) is 36.0 Å². The molecule has 1 aromatic carbocycles. The number of carbonyl (C=O) groups excluding carboxylic acids is 1. The smallest absolute Gasteiger partial charge is 0.407 e. The Labute approximate surface area is 190 Å². The van der Waals surface area contributed by atoms with Gasteiger partial charge in [-0.3, -0.25) is 0 Å². The zero-order valence-corrected chi connectivity index (χ0v) is 18.6. The maximum atomic E-state index is 11.2. The van der Waals surface area contributed by atoms with Gasteiger partial charge in [-0.15, -0.1) is 0 Å². The molecule has 166 valence electrons. The van der Waals surface area contributed by atoms with Crippen LogP contribution < -0.4 is 16.4 Å². The molecule has 0 bridgehead atoms. The van der Waals surface area contributed by atoms with Gasteiger partial charge >= 0.3 is 6.09 Å². The number of benzene rings is 1. The quantitative estimate of drug-likeness (QED) is 0.279. The average molecular weight is 454 g/mol. The Bertz CT molecular complexity index is 1130.